The molecule has 1 N–H and O–H groups in total. The Labute approximate surface area is 116 Å². The van der Waals surface area contributed by atoms with Crippen LogP contribution < -0.4 is 10.1 Å². The van der Waals surface area contributed by atoms with Gasteiger partial charge in [0.2, 0.25) is 0 Å². The fraction of sp³-hybridized carbons (Fsp3) is 0.462. The predicted molar refractivity (Wildman–Crippen MR) is 73.7 cm³/mol. The molecule has 2 atom stereocenters. The summed E-state index contributed by atoms with van der Waals surface area (Å²) in [6, 6.07) is 5.53. The zero-order valence-corrected chi connectivity index (χ0v) is 12.6. The average Bonchev–Trinajstić information content (AvgIpc) is 2.37. The summed E-state index contributed by atoms with van der Waals surface area (Å²) >= 11 is 3.44. The van der Waals surface area contributed by atoms with Gasteiger partial charge >= 0.3 is 5.97 Å². The van der Waals surface area contributed by atoms with E-state index in [1.54, 1.807) is 14.0 Å². The van der Waals surface area contributed by atoms with Crippen molar-refractivity contribution in [3.05, 3.63) is 28.2 Å². The number of carbonyl (C=O) groups excluding carboxylic acids is 1. The first-order valence-electron chi connectivity index (χ1n) is 5.67. The van der Waals surface area contributed by atoms with E-state index in [1.165, 1.54) is 7.11 Å². The molecule has 0 aliphatic rings. The lowest BCUT2D eigenvalue weighted by Crippen LogP contribution is -2.36. The van der Waals surface area contributed by atoms with E-state index in [2.05, 4.69) is 26.0 Å². The highest BCUT2D eigenvalue weighted by atomic mass is 79.9. The van der Waals surface area contributed by atoms with Crippen LogP contribution in [-0.4, -0.2) is 26.2 Å². The summed E-state index contributed by atoms with van der Waals surface area (Å²) in [5, 5.41) is 3.18. The molecule has 1 unspecified atom stereocenters. The maximum Gasteiger partial charge on any atom is 0.322 e. The maximum absolute atomic E-state index is 11.3. The van der Waals surface area contributed by atoms with Crippen LogP contribution in [0, 0.1) is 0 Å². The highest BCUT2D eigenvalue weighted by Crippen LogP contribution is 2.28. The van der Waals surface area contributed by atoms with Gasteiger partial charge in [-0.2, -0.15) is 0 Å². The normalized spacial score (nSPS) is 13.8. The van der Waals surface area contributed by atoms with Gasteiger partial charge in [-0.15, -0.1) is 0 Å². The van der Waals surface area contributed by atoms with Crippen LogP contribution in [0.1, 0.15) is 25.5 Å². The van der Waals surface area contributed by atoms with E-state index in [0.29, 0.717) is 0 Å². The number of halogens is 1. The first-order chi connectivity index (χ1) is 8.49. The van der Waals surface area contributed by atoms with Crippen molar-refractivity contribution in [2.24, 2.45) is 0 Å². The maximum atomic E-state index is 11.3. The SMILES string of the molecule is COC(=O)[C@H](C)NC(C)c1ccc(OC)c(Br)c1. The summed E-state index contributed by atoms with van der Waals surface area (Å²) in [5.74, 6) is 0.515. The number of carbonyl (C=O) groups is 1. The van der Waals surface area contributed by atoms with Crippen LogP contribution in [0.15, 0.2) is 22.7 Å². The van der Waals surface area contributed by atoms with E-state index in [1.807, 2.05) is 25.1 Å². The van der Waals surface area contributed by atoms with Crippen LogP contribution in [0.5, 0.6) is 5.75 Å². The lowest BCUT2D eigenvalue weighted by Gasteiger charge is -2.19. The van der Waals surface area contributed by atoms with Gasteiger partial charge in [0.15, 0.2) is 0 Å². The first kappa shape index (κ1) is 15.0. The quantitative estimate of drug-likeness (QED) is 0.849. The van der Waals surface area contributed by atoms with Crippen LogP contribution in [0.3, 0.4) is 0 Å². The lowest BCUT2D eigenvalue weighted by molar-refractivity contribution is -0.142. The van der Waals surface area contributed by atoms with Crippen molar-refractivity contribution in [3.8, 4) is 5.75 Å². The molecular weight excluding hydrogens is 298 g/mol. The van der Waals surface area contributed by atoms with E-state index in [9.17, 15) is 4.79 Å². The van der Waals surface area contributed by atoms with Gasteiger partial charge in [-0.25, -0.2) is 0 Å². The van der Waals surface area contributed by atoms with Gasteiger partial charge in [-0.3, -0.25) is 10.1 Å². The third-order valence-corrected chi connectivity index (χ3v) is 3.35. The minimum absolute atomic E-state index is 0.0429. The molecule has 0 saturated carbocycles. The van der Waals surface area contributed by atoms with E-state index >= 15 is 0 Å². The molecule has 100 valence electrons. The average molecular weight is 316 g/mol. The van der Waals surface area contributed by atoms with Crippen molar-refractivity contribution >= 4 is 21.9 Å². The van der Waals surface area contributed by atoms with Crippen molar-refractivity contribution < 1.29 is 14.3 Å². The number of hydrogen-bond acceptors (Lipinski definition) is 4. The molecule has 0 heterocycles. The van der Waals surface area contributed by atoms with Crippen LogP contribution in [0.25, 0.3) is 0 Å². The van der Waals surface area contributed by atoms with Crippen molar-refractivity contribution in [2.45, 2.75) is 25.9 Å². The molecule has 1 aromatic carbocycles. The molecule has 1 aromatic rings. The minimum Gasteiger partial charge on any atom is -0.496 e. The molecule has 0 aliphatic carbocycles. The van der Waals surface area contributed by atoms with E-state index in [4.69, 9.17) is 4.74 Å². The third kappa shape index (κ3) is 3.71. The van der Waals surface area contributed by atoms with Crippen molar-refractivity contribution in [3.63, 3.8) is 0 Å². The molecule has 0 aliphatic heterocycles. The van der Waals surface area contributed by atoms with Gasteiger partial charge in [0.05, 0.1) is 18.7 Å². The van der Waals surface area contributed by atoms with Gasteiger partial charge in [0.25, 0.3) is 0 Å². The predicted octanol–water partition coefficient (Wildman–Crippen LogP) is 2.67. The molecule has 18 heavy (non-hydrogen) atoms. The number of methoxy groups -OCH3 is 2. The molecular formula is C13H18BrNO3. The molecule has 0 amide bonds. The number of esters is 1. The fourth-order valence-corrected chi connectivity index (χ4v) is 2.23. The first-order valence-corrected chi connectivity index (χ1v) is 6.46. The Kier molecular flexibility index (Phi) is 5.62. The molecule has 0 bridgehead atoms. The zero-order valence-electron chi connectivity index (χ0n) is 11.0. The smallest absolute Gasteiger partial charge is 0.322 e. The summed E-state index contributed by atoms with van der Waals surface area (Å²) < 4.78 is 10.7. The standard InChI is InChI=1S/C13H18BrNO3/c1-8(15-9(2)13(16)18-4)10-5-6-12(17-3)11(14)7-10/h5-9,15H,1-4H3/t8?,9-/m0/s1. The number of rotatable bonds is 5. The molecule has 4 nitrogen and oxygen atoms in total. The molecule has 0 radical (unpaired) electrons. The monoisotopic (exact) mass is 315 g/mol. The Morgan fingerprint density at radius 2 is 2.00 bits per heavy atom. The molecule has 5 heteroatoms. The van der Waals surface area contributed by atoms with E-state index in [0.717, 1.165) is 15.8 Å². The largest absolute Gasteiger partial charge is 0.496 e. The van der Waals surface area contributed by atoms with E-state index in [-0.39, 0.29) is 18.1 Å². The highest BCUT2D eigenvalue weighted by Gasteiger charge is 2.17. The Bertz CT molecular complexity index is 423. The van der Waals surface area contributed by atoms with Crippen LogP contribution in [-0.2, 0) is 9.53 Å². The molecule has 0 spiro atoms. The third-order valence-electron chi connectivity index (χ3n) is 2.73. The second-order valence-corrected chi connectivity index (χ2v) is 4.88. The van der Waals surface area contributed by atoms with Gasteiger partial charge in [0, 0.05) is 6.04 Å². The molecule has 0 saturated heterocycles. The van der Waals surface area contributed by atoms with Crippen LogP contribution in [0.4, 0.5) is 0 Å². The second kappa shape index (κ2) is 6.75. The highest BCUT2D eigenvalue weighted by molar-refractivity contribution is 9.10. The molecule has 1 rings (SSSR count). The van der Waals surface area contributed by atoms with Gasteiger partial charge < -0.3 is 9.47 Å². The van der Waals surface area contributed by atoms with Gasteiger partial charge in [-0.1, -0.05) is 6.07 Å². The van der Waals surface area contributed by atoms with E-state index < -0.39 is 0 Å². The summed E-state index contributed by atoms with van der Waals surface area (Å²) in [4.78, 5) is 11.3. The zero-order chi connectivity index (χ0) is 13.7. The van der Waals surface area contributed by atoms with Crippen molar-refractivity contribution in [1.29, 1.82) is 0 Å². The summed E-state index contributed by atoms with van der Waals surface area (Å²) in [7, 11) is 3.01. The van der Waals surface area contributed by atoms with Gasteiger partial charge in [-0.05, 0) is 47.5 Å². The van der Waals surface area contributed by atoms with Crippen LogP contribution in [0.2, 0.25) is 0 Å². The number of ether oxygens (including phenoxy) is 2. The molecule has 0 aromatic heterocycles. The summed E-state index contributed by atoms with van der Waals surface area (Å²) in [5.41, 5.74) is 1.07. The summed E-state index contributed by atoms with van der Waals surface area (Å²) in [6.07, 6.45) is 0. The topological polar surface area (TPSA) is 47.6 Å². The fourth-order valence-electron chi connectivity index (χ4n) is 1.67. The number of nitrogens with one attached hydrogen (secondary N) is 1. The Balaban J connectivity index is 2.75. The van der Waals surface area contributed by atoms with Crippen molar-refractivity contribution in [1.82, 2.24) is 5.32 Å². The number of hydrogen-bond donors (Lipinski definition) is 1. The number of benzene rings is 1. The van der Waals surface area contributed by atoms with Crippen LogP contribution >= 0.6 is 15.9 Å². The summed E-state index contributed by atoms with van der Waals surface area (Å²) in [6.45, 7) is 3.77. The molecule has 0 fully saturated rings. The Morgan fingerprint density at radius 1 is 1.33 bits per heavy atom. The van der Waals surface area contributed by atoms with Gasteiger partial charge in [0.1, 0.15) is 11.8 Å². The van der Waals surface area contributed by atoms with Crippen molar-refractivity contribution in [2.75, 3.05) is 14.2 Å². The second-order valence-electron chi connectivity index (χ2n) is 4.03. The Morgan fingerprint density at radius 3 is 2.50 bits per heavy atom. The minimum atomic E-state index is -0.342. The lowest BCUT2D eigenvalue weighted by atomic mass is 10.1. The Hall–Kier alpha value is -1.07.